The molecule has 0 unspecified atom stereocenters. The lowest BCUT2D eigenvalue weighted by atomic mass is 10.2. The first-order valence-corrected chi connectivity index (χ1v) is 11.3. The number of nitrogens with zero attached hydrogens (tertiary/aromatic N) is 5. The van der Waals surface area contributed by atoms with E-state index in [9.17, 15) is 4.79 Å². The van der Waals surface area contributed by atoms with E-state index in [1.807, 2.05) is 51.1 Å². The van der Waals surface area contributed by atoms with Crippen LogP contribution in [0.5, 0.6) is 5.75 Å². The molecule has 4 aromatic rings. The van der Waals surface area contributed by atoms with Gasteiger partial charge in [0, 0.05) is 18.7 Å². The van der Waals surface area contributed by atoms with Gasteiger partial charge in [-0.3, -0.25) is 4.79 Å². The average Bonchev–Trinajstić information content (AvgIpc) is 3.49. The van der Waals surface area contributed by atoms with Crippen molar-refractivity contribution < 1.29 is 14.1 Å². The van der Waals surface area contributed by atoms with Crippen molar-refractivity contribution in [2.24, 2.45) is 0 Å². The summed E-state index contributed by atoms with van der Waals surface area (Å²) in [5.74, 6) is 2.47. The van der Waals surface area contributed by atoms with Crippen molar-refractivity contribution in [1.29, 1.82) is 0 Å². The van der Waals surface area contributed by atoms with Crippen molar-refractivity contribution in [1.82, 2.24) is 30.2 Å². The van der Waals surface area contributed by atoms with Crippen LogP contribution in [0.1, 0.15) is 60.5 Å². The Bertz CT molecular complexity index is 1240. The van der Waals surface area contributed by atoms with Gasteiger partial charge in [-0.2, -0.15) is 10.1 Å². The molecule has 0 aliphatic heterocycles. The maximum absolute atomic E-state index is 12.8. The van der Waals surface area contributed by atoms with Crippen molar-refractivity contribution in [3.8, 4) is 23.0 Å². The summed E-state index contributed by atoms with van der Waals surface area (Å²) in [7, 11) is 0. The molecule has 0 aliphatic rings. The van der Waals surface area contributed by atoms with E-state index in [0.717, 1.165) is 23.3 Å². The maximum Gasteiger partial charge on any atom is 0.259 e. The second-order valence-corrected chi connectivity index (χ2v) is 8.25. The fourth-order valence-electron chi connectivity index (χ4n) is 3.29. The van der Waals surface area contributed by atoms with Gasteiger partial charge in [0.05, 0.1) is 29.6 Å². The molecule has 34 heavy (non-hydrogen) atoms. The summed E-state index contributed by atoms with van der Waals surface area (Å²) in [4.78, 5) is 21.6. The Morgan fingerprint density at radius 2 is 1.94 bits per heavy atom. The minimum atomic E-state index is -0.196. The molecule has 1 N–H and O–H groups in total. The Morgan fingerprint density at radius 1 is 1.15 bits per heavy atom. The van der Waals surface area contributed by atoms with E-state index >= 15 is 0 Å². The fourth-order valence-corrected chi connectivity index (χ4v) is 3.29. The molecular formula is C25H28N6O3. The molecule has 0 radical (unpaired) electrons. The van der Waals surface area contributed by atoms with Crippen LogP contribution in [0.4, 0.5) is 0 Å². The lowest BCUT2D eigenvalue weighted by Gasteiger charge is -2.08. The summed E-state index contributed by atoms with van der Waals surface area (Å²) in [6, 6.07) is 11.4. The molecule has 1 aromatic carbocycles. The summed E-state index contributed by atoms with van der Waals surface area (Å²) < 4.78 is 12.5. The third-order valence-corrected chi connectivity index (χ3v) is 5.27. The standard InChI is InChI=1S/C25H28N6O3/c1-5-12-33-20-9-6-18(7-10-20)13-27-24(32)21-15-28-31(17(21)4)22-11-8-19(14-26-22)25-29-23(16(2)3)30-34-25/h6-11,14-16H,5,12-13H2,1-4H3,(H,27,32). The number of carbonyl (C=O) groups is 1. The monoisotopic (exact) mass is 460 g/mol. The molecule has 4 rings (SSSR count). The van der Waals surface area contributed by atoms with Gasteiger partial charge in [0.15, 0.2) is 11.6 Å². The van der Waals surface area contributed by atoms with E-state index in [1.54, 1.807) is 23.1 Å². The van der Waals surface area contributed by atoms with Crippen molar-refractivity contribution in [2.45, 2.75) is 46.6 Å². The number of benzene rings is 1. The molecule has 9 heteroatoms. The normalized spacial score (nSPS) is 11.1. The van der Waals surface area contributed by atoms with Crippen LogP contribution in [-0.4, -0.2) is 37.4 Å². The maximum atomic E-state index is 12.8. The summed E-state index contributed by atoms with van der Waals surface area (Å²) >= 11 is 0. The Morgan fingerprint density at radius 3 is 2.59 bits per heavy atom. The van der Waals surface area contributed by atoms with E-state index in [1.165, 1.54) is 0 Å². The molecule has 9 nitrogen and oxygen atoms in total. The zero-order valence-electron chi connectivity index (χ0n) is 19.8. The molecule has 3 aromatic heterocycles. The van der Waals surface area contributed by atoms with Crippen LogP contribution in [0, 0.1) is 6.92 Å². The predicted molar refractivity (Wildman–Crippen MR) is 127 cm³/mol. The van der Waals surface area contributed by atoms with Gasteiger partial charge in [0.25, 0.3) is 11.8 Å². The smallest absolute Gasteiger partial charge is 0.259 e. The summed E-state index contributed by atoms with van der Waals surface area (Å²) in [5, 5.41) is 11.3. The van der Waals surface area contributed by atoms with Crippen LogP contribution in [-0.2, 0) is 6.54 Å². The minimum absolute atomic E-state index is 0.181. The third-order valence-electron chi connectivity index (χ3n) is 5.27. The van der Waals surface area contributed by atoms with Gasteiger partial charge in [0.2, 0.25) is 0 Å². The number of aromatic nitrogens is 5. The highest BCUT2D eigenvalue weighted by atomic mass is 16.5. The Labute approximate surface area is 198 Å². The summed E-state index contributed by atoms with van der Waals surface area (Å²) in [6.07, 6.45) is 4.17. The zero-order valence-corrected chi connectivity index (χ0v) is 19.8. The first-order valence-electron chi connectivity index (χ1n) is 11.3. The zero-order chi connectivity index (χ0) is 24.1. The first-order chi connectivity index (χ1) is 16.5. The van der Waals surface area contributed by atoms with E-state index in [4.69, 9.17) is 9.26 Å². The van der Waals surface area contributed by atoms with Gasteiger partial charge < -0.3 is 14.6 Å². The van der Waals surface area contributed by atoms with E-state index in [0.29, 0.717) is 41.9 Å². The Hall–Kier alpha value is -4.01. The van der Waals surface area contributed by atoms with Crippen LogP contribution >= 0.6 is 0 Å². The molecule has 0 spiro atoms. The molecule has 0 bridgehead atoms. The molecule has 0 fully saturated rings. The Kier molecular flexibility index (Phi) is 7.01. The number of pyridine rings is 1. The lowest BCUT2D eigenvalue weighted by molar-refractivity contribution is 0.0950. The molecule has 0 saturated heterocycles. The second-order valence-electron chi connectivity index (χ2n) is 8.25. The molecule has 0 saturated carbocycles. The lowest BCUT2D eigenvalue weighted by Crippen LogP contribution is -2.23. The van der Waals surface area contributed by atoms with E-state index in [2.05, 4.69) is 32.5 Å². The van der Waals surface area contributed by atoms with Gasteiger partial charge in [-0.25, -0.2) is 9.67 Å². The molecule has 0 aliphatic carbocycles. The van der Waals surface area contributed by atoms with Crippen molar-refractivity contribution in [3.63, 3.8) is 0 Å². The highest BCUT2D eigenvalue weighted by Crippen LogP contribution is 2.21. The number of hydrogen-bond donors (Lipinski definition) is 1. The van der Waals surface area contributed by atoms with Gasteiger partial charge in [-0.1, -0.05) is 38.1 Å². The second kappa shape index (κ2) is 10.3. The minimum Gasteiger partial charge on any atom is -0.494 e. The SMILES string of the molecule is CCCOc1ccc(CNC(=O)c2cnn(-c3ccc(-c4nc(C(C)C)no4)cn3)c2C)cc1. The molecule has 0 atom stereocenters. The van der Waals surface area contributed by atoms with Crippen molar-refractivity contribution in [2.75, 3.05) is 6.61 Å². The van der Waals surface area contributed by atoms with Crippen LogP contribution < -0.4 is 10.1 Å². The molecule has 3 heterocycles. The van der Waals surface area contributed by atoms with Crippen molar-refractivity contribution >= 4 is 5.91 Å². The number of amides is 1. The van der Waals surface area contributed by atoms with E-state index in [-0.39, 0.29) is 11.8 Å². The fraction of sp³-hybridized carbons (Fsp3) is 0.320. The molecule has 1 amide bonds. The number of ether oxygens (including phenoxy) is 1. The van der Waals surface area contributed by atoms with Gasteiger partial charge in [-0.05, 0) is 43.2 Å². The van der Waals surface area contributed by atoms with E-state index < -0.39 is 0 Å². The summed E-state index contributed by atoms with van der Waals surface area (Å²) in [6.45, 7) is 9.01. The number of rotatable bonds is 9. The first kappa shape index (κ1) is 23.2. The van der Waals surface area contributed by atoms with Gasteiger partial charge in [0.1, 0.15) is 5.75 Å². The van der Waals surface area contributed by atoms with Crippen molar-refractivity contribution in [3.05, 3.63) is 71.4 Å². The highest BCUT2D eigenvalue weighted by Gasteiger charge is 2.17. The van der Waals surface area contributed by atoms with Crippen LogP contribution in [0.2, 0.25) is 0 Å². The number of carbonyl (C=O) groups excluding carboxylic acids is 1. The largest absolute Gasteiger partial charge is 0.494 e. The number of hydrogen-bond acceptors (Lipinski definition) is 7. The molecular weight excluding hydrogens is 432 g/mol. The summed E-state index contributed by atoms with van der Waals surface area (Å²) in [5.41, 5.74) is 2.89. The van der Waals surface area contributed by atoms with Gasteiger partial charge >= 0.3 is 0 Å². The average molecular weight is 461 g/mol. The van der Waals surface area contributed by atoms with Crippen LogP contribution in [0.15, 0.2) is 53.3 Å². The van der Waals surface area contributed by atoms with Crippen LogP contribution in [0.3, 0.4) is 0 Å². The molecule has 176 valence electrons. The Balaban J connectivity index is 1.41. The number of nitrogens with one attached hydrogen (secondary N) is 1. The quantitative estimate of drug-likeness (QED) is 0.393. The van der Waals surface area contributed by atoms with Crippen LogP contribution in [0.25, 0.3) is 17.3 Å². The van der Waals surface area contributed by atoms with Gasteiger partial charge in [-0.15, -0.1) is 0 Å². The predicted octanol–water partition coefficient (Wildman–Crippen LogP) is 4.47. The topological polar surface area (TPSA) is 108 Å². The third kappa shape index (κ3) is 5.14. The highest BCUT2D eigenvalue weighted by molar-refractivity contribution is 5.95.